The average molecular weight is 368 g/mol. The molecule has 2 rings (SSSR count). The van der Waals surface area contributed by atoms with Gasteiger partial charge in [-0.05, 0) is 55.4 Å². The number of nitrogens with zero attached hydrogens (tertiary/aromatic N) is 1. The van der Waals surface area contributed by atoms with Crippen LogP contribution in [-0.2, 0) is 9.47 Å². The summed E-state index contributed by atoms with van der Waals surface area (Å²) < 4.78 is 10.3. The first-order chi connectivity index (χ1) is 11.9. The quantitative estimate of drug-likeness (QED) is 0.719. The third-order valence-corrected chi connectivity index (χ3v) is 4.41. The standard InChI is InChI=1S/C19H26ClNO4/c1-4-24-18(22)16-9-15(10-17(20)11-16)14-5-7-21(8-6-14)19(23)25-12-13(2)3/h9-11,13-14H,4-8,12H2,1-3H3. The molecule has 1 aliphatic rings. The summed E-state index contributed by atoms with van der Waals surface area (Å²) in [5.41, 5.74) is 1.49. The molecule has 1 aromatic carbocycles. The predicted octanol–water partition coefficient (Wildman–Crippen LogP) is 4.49. The summed E-state index contributed by atoms with van der Waals surface area (Å²) in [7, 11) is 0. The van der Waals surface area contributed by atoms with Gasteiger partial charge in [-0.15, -0.1) is 0 Å². The number of ether oxygens (including phenoxy) is 2. The lowest BCUT2D eigenvalue weighted by molar-refractivity contribution is 0.0526. The zero-order valence-corrected chi connectivity index (χ0v) is 15.8. The van der Waals surface area contributed by atoms with Gasteiger partial charge in [0.2, 0.25) is 0 Å². The largest absolute Gasteiger partial charge is 0.462 e. The van der Waals surface area contributed by atoms with E-state index < -0.39 is 0 Å². The Labute approximate surface area is 154 Å². The van der Waals surface area contributed by atoms with E-state index in [1.807, 2.05) is 26.0 Å². The van der Waals surface area contributed by atoms with E-state index in [0.717, 1.165) is 18.4 Å². The van der Waals surface area contributed by atoms with E-state index in [-0.39, 0.29) is 18.0 Å². The van der Waals surface area contributed by atoms with Crippen LogP contribution in [0.1, 0.15) is 55.5 Å². The molecular weight excluding hydrogens is 342 g/mol. The number of esters is 1. The van der Waals surface area contributed by atoms with Gasteiger partial charge >= 0.3 is 12.1 Å². The Morgan fingerprint density at radius 2 is 1.88 bits per heavy atom. The van der Waals surface area contributed by atoms with Gasteiger partial charge in [0.05, 0.1) is 18.8 Å². The number of rotatable bonds is 5. The van der Waals surface area contributed by atoms with Gasteiger partial charge in [0.1, 0.15) is 0 Å². The molecule has 0 radical (unpaired) electrons. The van der Waals surface area contributed by atoms with Crippen LogP contribution in [0.4, 0.5) is 4.79 Å². The fourth-order valence-corrected chi connectivity index (χ4v) is 3.15. The predicted molar refractivity (Wildman–Crippen MR) is 97.1 cm³/mol. The monoisotopic (exact) mass is 367 g/mol. The number of hydrogen-bond donors (Lipinski definition) is 0. The molecule has 0 aliphatic carbocycles. The summed E-state index contributed by atoms with van der Waals surface area (Å²) in [5.74, 6) is 0.233. The number of benzene rings is 1. The maximum atomic E-state index is 12.0. The third-order valence-electron chi connectivity index (χ3n) is 4.20. The number of amides is 1. The third kappa shape index (κ3) is 5.63. The zero-order chi connectivity index (χ0) is 18.4. The van der Waals surface area contributed by atoms with Crippen molar-refractivity contribution in [1.82, 2.24) is 4.90 Å². The normalized spacial score (nSPS) is 15.3. The maximum absolute atomic E-state index is 12.0. The van der Waals surface area contributed by atoms with E-state index in [1.54, 1.807) is 17.9 Å². The van der Waals surface area contributed by atoms with Crippen molar-refractivity contribution in [1.29, 1.82) is 0 Å². The molecule has 138 valence electrons. The van der Waals surface area contributed by atoms with E-state index in [1.165, 1.54) is 0 Å². The number of likely N-dealkylation sites (tertiary alicyclic amines) is 1. The molecule has 1 aliphatic heterocycles. The van der Waals surface area contributed by atoms with Gasteiger partial charge in [-0.25, -0.2) is 9.59 Å². The van der Waals surface area contributed by atoms with Gasteiger partial charge in [-0.2, -0.15) is 0 Å². The van der Waals surface area contributed by atoms with Crippen molar-refractivity contribution in [3.05, 3.63) is 34.3 Å². The lowest BCUT2D eigenvalue weighted by Crippen LogP contribution is -2.38. The summed E-state index contributed by atoms with van der Waals surface area (Å²) in [6.07, 6.45) is 1.39. The molecule has 0 unspecified atom stereocenters. The van der Waals surface area contributed by atoms with Crippen LogP contribution in [0, 0.1) is 5.92 Å². The van der Waals surface area contributed by atoms with Crippen molar-refractivity contribution >= 4 is 23.7 Å². The van der Waals surface area contributed by atoms with E-state index >= 15 is 0 Å². The number of hydrogen-bond acceptors (Lipinski definition) is 4. The second kappa shape index (κ2) is 9.09. The lowest BCUT2D eigenvalue weighted by Gasteiger charge is -2.32. The zero-order valence-electron chi connectivity index (χ0n) is 15.1. The van der Waals surface area contributed by atoms with Crippen LogP contribution in [-0.4, -0.2) is 43.3 Å². The van der Waals surface area contributed by atoms with Crippen molar-refractivity contribution in [3.8, 4) is 0 Å². The SMILES string of the molecule is CCOC(=O)c1cc(Cl)cc(C2CCN(C(=O)OCC(C)C)CC2)c1. The van der Waals surface area contributed by atoms with Crippen LogP contribution >= 0.6 is 11.6 Å². The van der Waals surface area contributed by atoms with E-state index in [4.69, 9.17) is 21.1 Å². The van der Waals surface area contributed by atoms with E-state index in [9.17, 15) is 9.59 Å². The molecule has 5 nitrogen and oxygen atoms in total. The number of carbonyl (C=O) groups excluding carboxylic acids is 2. The Kier molecular flexibility index (Phi) is 7.12. The van der Waals surface area contributed by atoms with Crippen LogP contribution in [0.2, 0.25) is 5.02 Å². The molecule has 1 saturated heterocycles. The molecule has 1 heterocycles. The van der Waals surface area contributed by atoms with Crippen LogP contribution in [0.3, 0.4) is 0 Å². The van der Waals surface area contributed by atoms with E-state index in [0.29, 0.717) is 42.8 Å². The fourth-order valence-electron chi connectivity index (χ4n) is 2.90. The molecule has 0 spiro atoms. The summed E-state index contributed by atoms with van der Waals surface area (Å²) in [5, 5.41) is 0.527. The van der Waals surface area contributed by atoms with Crippen LogP contribution < -0.4 is 0 Å². The second-order valence-electron chi connectivity index (χ2n) is 6.73. The average Bonchev–Trinajstić information content (AvgIpc) is 2.59. The summed E-state index contributed by atoms with van der Waals surface area (Å²) in [6.45, 7) is 7.86. The first-order valence-corrected chi connectivity index (χ1v) is 9.17. The van der Waals surface area contributed by atoms with Crippen molar-refractivity contribution in [2.75, 3.05) is 26.3 Å². The molecule has 0 saturated carbocycles. The van der Waals surface area contributed by atoms with Gasteiger partial charge < -0.3 is 14.4 Å². The van der Waals surface area contributed by atoms with Crippen LogP contribution in [0.25, 0.3) is 0 Å². The van der Waals surface area contributed by atoms with Crippen molar-refractivity contribution in [2.24, 2.45) is 5.92 Å². The second-order valence-corrected chi connectivity index (χ2v) is 7.16. The fraction of sp³-hybridized carbons (Fsp3) is 0.579. The minimum absolute atomic E-state index is 0.245. The van der Waals surface area contributed by atoms with E-state index in [2.05, 4.69) is 0 Å². The first kappa shape index (κ1) is 19.6. The Balaban J connectivity index is 1.98. The molecule has 1 fully saturated rings. The smallest absolute Gasteiger partial charge is 0.409 e. The molecule has 0 aromatic heterocycles. The maximum Gasteiger partial charge on any atom is 0.409 e. The van der Waals surface area contributed by atoms with Gasteiger partial charge in [0.25, 0.3) is 0 Å². The lowest BCUT2D eigenvalue weighted by atomic mass is 9.88. The molecule has 0 N–H and O–H groups in total. The van der Waals surface area contributed by atoms with Gasteiger partial charge in [0, 0.05) is 18.1 Å². The number of piperidine rings is 1. The molecule has 0 bridgehead atoms. The molecule has 1 aromatic rings. The molecule has 1 amide bonds. The Morgan fingerprint density at radius 1 is 1.20 bits per heavy atom. The highest BCUT2D eigenvalue weighted by Gasteiger charge is 2.25. The van der Waals surface area contributed by atoms with Crippen LogP contribution in [0.5, 0.6) is 0 Å². The minimum Gasteiger partial charge on any atom is -0.462 e. The first-order valence-electron chi connectivity index (χ1n) is 8.80. The minimum atomic E-state index is -0.360. The molecular formula is C19H26ClNO4. The van der Waals surface area contributed by atoms with Crippen molar-refractivity contribution in [3.63, 3.8) is 0 Å². The van der Waals surface area contributed by atoms with Gasteiger partial charge in [-0.1, -0.05) is 25.4 Å². The molecule has 0 atom stereocenters. The Hall–Kier alpha value is -1.75. The number of carbonyl (C=O) groups is 2. The Bertz CT molecular complexity index is 609. The van der Waals surface area contributed by atoms with Crippen LogP contribution in [0.15, 0.2) is 18.2 Å². The van der Waals surface area contributed by atoms with Crippen molar-refractivity contribution in [2.45, 2.75) is 39.5 Å². The number of halogens is 1. The summed E-state index contributed by atoms with van der Waals surface area (Å²) >= 11 is 6.17. The van der Waals surface area contributed by atoms with Crippen molar-refractivity contribution < 1.29 is 19.1 Å². The van der Waals surface area contributed by atoms with Gasteiger partial charge in [-0.3, -0.25) is 0 Å². The Morgan fingerprint density at radius 3 is 2.48 bits per heavy atom. The topological polar surface area (TPSA) is 55.8 Å². The highest BCUT2D eigenvalue weighted by molar-refractivity contribution is 6.31. The molecule has 25 heavy (non-hydrogen) atoms. The van der Waals surface area contributed by atoms with Gasteiger partial charge in [0.15, 0.2) is 0 Å². The molecule has 6 heteroatoms. The highest BCUT2D eigenvalue weighted by atomic mass is 35.5. The highest BCUT2D eigenvalue weighted by Crippen LogP contribution is 2.31. The summed E-state index contributed by atoms with van der Waals surface area (Å²) in [4.78, 5) is 25.7. The summed E-state index contributed by atoms with van der Waals surface area (Å²) in [6, 6.07) is 5.37.